The number of aryl methyl sites for hydroxylation is 1. The molecule has 1 unspecified atom stereocenters. The Morgan fingerprint density at radius 2 is 1.39 bits per heavy atom. The number of ether oxygens (including phenoxy) is 1. The maximum atomic E-state index is 9.55. The first-order chi connectivity index (χ1) is 17.4. The average molecular weight is 492 g/mol. The van der Waals surface area contributed by atoms with E-state index in [1.54, 1.807) is 0 Å². The van der Waals surface area contributed by atoms with E-state index in [-0.39, 0.29) is 6.10 Å². The molecule has 36 heavy (non-hydrogen) atoms. The third-order valence-corrected chi connectivity index (χ3v) is 7.84. The van der Waals surface area contributed by atoms with Crippen LogP contribution in [0.25, 0.3) is 0 Å². The Balaban J connectivity index is 0.000000331. The molecule has 0 aromatic heterocycles. The summed E-state index contributed by atoms with van der Waals surface area (Å²) in [7, 11) is 0. The van der Waals surface area contributed by atoms with Gasteiger partial charge in [-0.3, -0.25) is 0 Å². The smallest absolute Gasteiger partial charge is 0.328 e. The first kappa shape index (κ1) is 26.1. The number of carboxylic acids is 2. The zero-order chi connectivity index (χ0) is 25.5. The molecule has 4 aliphatic carbocycles. The molecule has 2 aromatic carbocycles. The molecule has 2 aromatic rings. The number of aliphatic carboxylic acids is 2. The van der Waals surface area contributed by atoms with Crippen molar-refractivity contribution in [1.29, 1.82) is 0 Å². The third-order valence-electron chi connectivity index (χ3n) is 7.84. The Kier molecular flexibility index (Phi) is 8.94. The van der Waals surface area contributed by atoms with E-state index in [9.17, 15) is 9.59 Å². The minimum Gasteiger partial charge on any atom is -0.478 e. The van der Waals surface area contributed by atoms with Gasteiger partial charge in [0.15, 0.2) is 0 Å². The first-order valence-corrected chi connectivity index (χ1v) is 13.0. The molecule has 4 aliphatic rings. The Bertz CT molecular complexity index is 989. The van der Waals surface area contributed by atoms with E-state index in [2.05, 4.69) is 66.8 Å². The molecule has 3 N–H and O–H groups in total. The molecule has 4 bridgehead atoms. The van der Waals surface area contributed by atoms with Crippen LogP contribution in [0.15, 0.2) is 66.7 Å². The summed E-state index contributed by atoms with van der Waals surface area (Å²) in [4.78, 5) is 19.1. The van der Waals surface area contributed by atoms with Crippen LogP contribution in [-0.4, -0.2) is 41.3 Å². The fourth-order valence-electron chi connectivity index (χ4n) is 6.56. The van der Waals surface area contributed by atoms with Crippen molar-refractivity contribution in [2.45, 2.75) is 51.2 Å². The summed E-state index contributed by atoms with van der Waals surface area (Å²) in [5.41, 5.74) is 3.77. The van der Waals surface area contributed by atoms with Crippen molar-refractivity contribution in [3.8, 4) is 0 Å². The molecule has 0 radical (unpaired) electrons. The van der Waals surface area contributed by atoms with Crippen LogP contribution in [-0.2, 0) is 14.3 Å². The number of carbonyl (C=O) groups is 2. The van der Waals surface area contributed by atoms with Gasteiger partial charge in [0.05, 0.1) is 6.61 Å². The molecule has 4 fully saturated rings. The zero-order valence-electron chi connectivity index (χ0n) is 20.9. The highest BCUT2D eigenvalue weighted by molar-refractivity contribution is 5.89. The number of hydrogen-bond acceptors (Lipinski definition) is 4. The lowest BCUT2D eigenvalue weighted by Crippen LogP contribution is -2.55. The summed E-state index contributed by atoms with van der Waals surface area (Å²) in [5, 5.41) is 19.5. The molecule has 1 atom stereocenters. The van der Waals surface area contributed by atoms with Crippen LogP contribution in [0.1, 0.15) is 54.9 Å². The molecule has 0 heterocycles. The van der Waals surface area contributed by atoms with Gasteiger partial charge in [0, 0.05) is 24.7 Å². The number of carboxylic acid groups (broad SMARTS) is 2. The van der Waals surface area contributed by atoms with E-state index in [1.165, 1.54) is 48.8 Å². The van der Waals surface area contributed by atoms with Crippen LogP contribution in [0, 0.1) is 30.6 Å². The maximum absolute atomic E-state index is 9.55. The van der Waals surface area contributed by atoms with E-state index < -0.39 is 11.9 Å². The van der Waals surface area contributed by atoms with Crippen molar-refractivity contribution in [3.63, 3.8) is 0 Å². The summed E-state index contributed by atoms with van der Waals surface area (Å²) in [6, 6.07) is 20.2. The Hall–Kier alpha value is -2.96. The van der Waals surface area contributed by atoms with Crippen LogP contribution in [0.3, 0.4) is 0 Å². The number of rotatable bonds is 9. The Morgan fingerprint density at radius 1 is 0.861 bits per heavy atom. The first-order valence-electron chi connectivity index (χ1n) is 13.0. The maximum Gasteiger partial charge on any atom is 0.328 e. The standard InChI is InChI=1S/C26H33NO.C4H4O4/c1-18-7-9-22(10-8-18)26(21-5-3-2-4-6-21)28-12-11-27-25-23-14-19-13-20(16-23)17-24(25)15-19;5-3(6)1-2-4(7)8/h2-10,19-20,23-27H,11-17H2,1H3;1-2H,(H,5,6)(H,7,8). The van der Waals surface area contributed by atoms with E-state index in [0.717, 1.165) is 42.9 Å². The van der Waals surface area contributed by atoms with Gasteiger partial charge < -0.3 is 20.3 Å². The fraction of sp³-hybridized carbons (Fsp3) is 0.467. The Labute approximate surface area is 213 Å². The fourth-order valence-corrected chi connectivity index (χ4v) is 6.56. The SMILES string of the molecule is Cc1ccc(C(OCCNC2C3CC4CC(C3)CC2C4)c2ccccc2)cc1.O=C(O)C=CC(=O)O. The van der Waals surface area contributed by atoms with E-state index in [4.69, 9.17) is 14.9 Å². The predicted octanol–water partition coefficient (Wildman–Crippen LogP) is 5.23. The molecule has 0 amide bonds. The highest BCUT2D eigenvalue weighted by atomic mass is 16.5. The number of hydrogen-bond donors (Lipinski definition) is 3. The minimum absolute atomic E-state index is 0.0158. The number of nitrogens with one attached hydrogen (secondary N) is 1. The molecule has 0 spiro atoms. The molecular formula is C30H37NO5. The second-order valence-electron chi connectivity index (χ2n) is 10.5. The molecular weight excluding hydrogens is 454 g/mol. The molecule has 192 valence electrons. The lowest BCUT2D eigenvalue weighted by molar-refractivity contribution is -0.134. The van der Waals surface area contributed by atoms with Gasteiger partial charge in [-0.05, 0) is 73.8 Å². The molecule has 6 nitrogen and oxygen atoms in total. The topological polar surface area (TPSA) is 95.9 Å². The second-order valence-corrected chi connectivity index (χ2v) is 10.5. The lowest BCUT2D eigenvalue weighted by atomic mass is 9.54. The average Bonchev–Trinajstić information content (AvgIpc) is 2.85. The van der Waals surface area contributed by atoms with Gasteiger partial charge in [-0.15, -0.1) is 0 Å². The van der Waals surface area contributed by atoms with Gasteiger partial charge in [0.25, 0.3) is 0 Å². The lowest BCUT2D eigenvalue weighted by Gasteiger charge is -2.54. The van der Waals surface area contributed by atoms with E-state index in [1.807, 2.05) is 0 Å². The summed E-state index contributed by atoms with van der Waals surface area (Å²) in [6.45, 7) is 3.86. The molecule has 6 heteroatoms. The third kappa shape index (κ3) is 7.05. The predicted molar refractivity (Wildman–Crippen MR) is 139 cm³/mol. The highest BCUT2D eigenvalue weighted by Crippen LogP contribution is 2.53. The van der Waals surface area contributed by atoms with Crippen LogP contribution < -0.4 is 5.32 Å². The number of benzene rings is 2. The molecule has 0 aliphatic heterocycles. The summed E-state index contributed by atoms with van der Waals surface area (Å²) in [6.07, 6.45) is 8.55. The van der Waals surface area contributed by atoms with Gasteiger partial charge in [-0.25, -0.2) is 9.59 Å². The molecule has 0 saturated heterocycles. The second kappa shape index (κ2) is 12.3. The van der Waals surface area contributed by atoms with Crippen molar-refractivity contribution in [2.75, 3.05) is 13.2 Å². The van der Waals surface area contributed by atoms with Gasteiger partial charge in [-0.2, -0.15) is 0 Å². The van der Waals surface area contributed by atoms with Gasteiger partial charge in [0.2, 0.25) is 0 Å². The van der Waals surface area contributed by atoms with E-state index in [0.29, 0.717) is 12.2 Å². The van der Waals surface area contributed by atoms with Crippen LogP contribution in [0.4, 0.5) is 0 Å². The van der Waals surface area contributed by atoms with Gasteiger partial charge in [-0.1, -0.05) is 60.2 Å². The van der Waals surface area contributed by atoms with Gasteiger partial charge in [0.1, 0.15) is 6.10 Å². The van der Waals surface area contributed by atoms with Crippen molar-refractivity contribution >= 4 is 11.9 Å². The van der Waals surface area contributed by atoms with Crippen molar-refractivity contribution in [1.82, 2.24) is 5.32 Å². The quantitative estimate of drug-likeness (QED) is 0.329. The largest absolute Gasteiger partial charge is 0.478 e. The summed E-state index contributed by atoms with van der Waals surface area (Å²) < 4.78 is 6.43. The highest BCUT2D eigenvalue weighted by Gasteiger charge is 2.47. The monoisotopic (exact) mass is 491 g/mol. The molecule has 4 saturated carbocycles. The summed E-state index contributed by atoms with van der Waals surface area (Å²) in [5.74, 6) is 1.43. The van der Waals surface area contributed by atoms with Gasteiger partial charge >= 0.3 is 11.9 Å². The summed E-state index contributed by atoms with van der Waals surface area (Å²) >= 11 is 0. The van der Waals surface area contributed by atoms with Crippen LogP contribution >= 0.6 is 0 Å². The Morgan fingerprint density at radius 3 is 1.92 bits per heavy atom. The molecule has 6 rings (SSSR count). The van der Waals surface area contributed by atoms with Crippen molar-refractivity contribution < 1.29 is 24.5 Å². The van der Waals surface area contributed by atoms with E-state index >= 15 is 0 Å². The van der Waals surface area contributed by atoms with Crippen LogP contribution in [0.5, 0.6) is 0 Å². The zero-order valence-corrected chi connectivity index (χ0v) is 20.9. The minimum atomic E-state index is -1.26. The van der Waals surface area contributed by atoms with Crippen molar-refractivity contribution in [3.05, 3.63) is 83.4 Å². The normalized spacial score (nSPS) is 26.9. The van der Waals surface area contributed by atoms with Crippen molar-refractivity contribution in [2.24, 2.45) is 23.7 Å². The van der Waals surface area contributed by atoms with Crippen LogP contribution in [0.2, 0.25) is 0 Å².